The molecule has 6 nitrogen and oxygen atoms in total. The number of aromatic hydroxyl groups is 1. The molecule has 170 valence electrons. The van der Waals surface area contributed by atoms with Crippen LogP contribution in [-0.2, 0) is 30.7 Å². The number of rotatable bonds is 5. The number of benzene rings is 2. The van der Waals surface area contributed by atoms with Crippen molar-refractivity contribution in [3.8, 4) is 5.75 Å². The lowest BCUT2D eigenvalue weighted by Crippen LogP contribution is -2.25. The van der Waals surface area contributed by atoms with Gasteiger partial charge >= 0.3 is 0 Å². The molecule has 2 aromatic carbocycles. The zero-order chi connectivity index (χ0) is 23.8. The summed E-state index contributed by atoms with van der Waals surface area (Å²) < 4.78 is 53.3. The Morgan fingerprint density at radius 2 is 1.32 bits per heavy atom. The zero-order valence-electron chi connectivity index (χ0n) is 19.0. The van der Waals surface area contributed by atoms with Crippen LogP contribution in [0.4, 0.5) is 0 Å². The summed E-state index contributed by atoms with van der Waals surface area (Å²) >= 11 is 0. The van der Waals surface area contributed by atoms with E-state index >= 15 is 0 Å². The van der Waals surface area contributed by atoms with Crippen molar-refractivity contribution in [2.75, 3.05) is 7.05 Å². The van der Waals surface area contributed by atoms with E-state index in [4.69, 9.17) is 0 Å². The summed E-state index contributed by atoms with van der Waals surface area (Å²) in [5.41, 5.74) is 0.678. The molecule has 0 aliphatic heterocycles. The molecule has 0 radical (unpaired) electrons. The first kappa shape index (κ1) is 25.1. The molecule has 31 heavy (non-hydrogen) atoms. The lowest BCUT2D eigenvalue weighted by molar-refractivity contribution is 0.423. The molecule has 0 unspecified atom stereocenters. The summed E-state index contributed by atoms with van der Waals surface area (Å²) in [6, 6.07) is 10.7. The van der Waals surface area contributed by atoms with Gasteiger partial charge in [-0.15, -0.1) is 0 Å². The molecule has 0 heterocycles. The fraction of sp³-hybridized carbons (Fsp3) is 0.391. The molecule has 2 N–H and O–H groups in total. The molecule has 2 rings (SSSR count). The van der Waals surface area contributed by atoms with E-state index in [-0.39, 0.29) is 10.6 Å². The predicted octanol–water partition coefficient (Wildman–Crippen LogP) is 4.31. The maximum absolute atomic E-state index is 13.2. The van der Waals surface area contributed by atoms with Crippen LogP contribution in [0.25, 0.3) is 6.08 Å². The van der Waals surface area contributed by atoms with Crippen molar-refractivity contribution in [2.45, 2.75) is 57.3 Å². The van der Waals surface area contributed by atoms with Gasteiger partial charge < -0.3 is 5.11 Å². The van der Waals surface area contributed by atoms with E-state index in [1.54, 1.807) is 18.2 Å². The van der Waals surface area contributed by atoms with Gasteiger partial charge in [0, 0.05) is 11.1 Å². The molecule has 0 aromatic heterocycles. The van der Waals surface area contributed by atoms with Gasteiger partial charge in [-0.1, -0.05) is 59.7 Å². The smallest absolute Gasteiger partial charge is 0.251 e. The second-order valence-electron chi connectivity index (χ2n) is 9.45. The molecular formula is C23H31NO5S2. The molecule has 0 amide bonds. The number of phenolic OH excluding ortho intramolecular Hbond substituents is 1. The van der Waals surface area contributed by atoms with Gasteiger partial charge in [0.25, 0.3) is 10.0 Å². The number of hydrogen-bond donors (Lipinski definition) is 2. The maximum atomic E-state index is 13.2. The van der Waals surface area contributed by atoms with Crippen LogP contribution >= 0.6 is 0 Å². The van der Waals surface area contributed by atoms with Gasteiger partial charge in [0.2, 0.25) is 9.84 Å². The number of sulfonamides is 1. The maximum Gasteiger partial charge on any atom is 0.251 e. The van der Waals surface area contributed by atoms with Crippen molar-refractivity contribution >= 4 is 25.9 Å². The lowest BCUT2D eigenvalue weighted by Gasteiger charge is -2.28. The van der Waals surface area contributed by atoms with Gasteiger partial charge in [-0.2, -0.15) is 0 Å². The molecular weight excluding hydrogens is 434 g/mol. The molecule has 8 heteroatoms. The van der Waals surface area contributed by atoms with Crippen LogP contribution in [0.1, 0.15) is 58.2 Å². The van der Waals surface area contributed by atoms with Crippen LogP contribution in [0, 0.1) is 0 Å². The highest BCUT2D eigenvalue weighted by molar-refractivity contribution is 8.13. The van der Waals surface area contributed by atoms with Crippen LogP contribution < -0.4 is 4.72 Å². The molecule has 0 aliphatic rings. The monoisotopic (exact) mass is 465 g/mol. The number of hydrogen-bond acceptors (Lipinski definition) is 5. The first-order valence-electron chi connectivity index (χ1n) is 9.85. The van der Waals surface area contributed by atoms with Gasteiger partial charge in [0.05, 0.1) is 4.90 Å². The highest BCUT2D eigenvalue weighted by Gasteiger charge is 2.32. The Labute approximate surface area is 186 Å². The van der Waals surface area contributed by atoms with Gasteiger partial charge in [-0.3, -0.25) is 0 Å². The highest BCUT2D eigenvalue weighted by atomic mass is 32.3. The van der Waals surface area contributed by atoms with Gasteiger partial charge in [0.15, 0.2) is 4.24 Å². The Morgan fingerprint density at radius 3 is 1.71 bits per heavy atom. The summed E-state index contributed by atoms with van der Waals surface area (Å²) in [5, 5.41) is 10.9. The van der Waals surface area contributed by atoms with Gasteiger partial charge in [0.1, 0.15) is 5.75 Å². The normalized spacial score (nSPS) is 14.0. The van der Waals surface area contributed by atoms with E-state index in [2.05, 4.69) is 4.72 Å². The Kier molecular flexibility index (Phi) is 6.81. The number of sulfone groups is 1. The average molecular weight is 466 g/mol. The number of nitrogens with one attached hydrogen (secondary N) is 1. The molecule has 0 aliphatic carbocycles. The van der Waals surface area contributed by atoms with Crippen molar-refractivity contribution in [1.82, 2.24) is 4.72 Å². The van der Waals surface area contributed by atoms with E-state index < -0.39 is 34.9 Å². The van der Waals surface area contributed by atoms with E-state index in [0.717, 1.165) is 6.08 Å². The first-order valence-corrected chi connectivity index (χ1v) is 12.8. The summed E-state index contributed by atoms with van der Waals surface area (Å²) in [6.07, 6.45) is 1.15. The van der Waals surface area contributed by atoms with Crippen LogP contribution in [0.2, 0.25) is 0 Å². The third-order valence-electron chi connectivity index (χ3n) is 4.88. The van der Waals surface area contributed by atoms with Crippen molar-refractivity contribution in [2.24, 2.45) is 0 Å². The largest absolute Gasteiger partial charge is 0.507 e. The molecule has 2 aromatic rings. The molecule has 0 bridgehead atoms. The summed E-state index contributed by atoms with van der Waals surface area (Å²) in [6.45, 7) is 11.5. The molecule has 0 fully saturated rings. The van der Waals surface area contributed by atoms with E-state index in [0.29, 0.717) is 16.7 Å². The van der Waals surface area contributed by atoms with E-state index in [1.165, 1.54) is 31.3 Å². The summed E-state index contributed by atoms with van der Waals surface area (Å²) in [4.78, 5) is -0.119. The van der Waals surface area contributed by atoms with Crippen LogP contribution in [0.3, 0.4) is 0 Å². The Balaban J connectivity index is 2.92. The molecule has 0 spiro atoms. The third kappa shape index (κ3) is 5.37. The molecule has 0 atom stereocenters. The van der Waals surface area contributed by atoms with Gasteiger partial charge in [-0.25, -0.2) is 21.6 Å². The molecule has 0 saturated carbocycles. The second-order valence-corrected chi connectivity index (χ2v) is 13.5. The fourth-order valence-corrected chi connectivity index (χ4v) is 6.36. The zero-order valence-corrected chi connectivity index (χ0v) is 20.6. The third-order valence-corrected chi connectivity index (χ3v) is 8.93. The minimum atomic E-state index is -4.33. The average Bonchev–Trinajstić information content (AvgIpc) is 2.65. The van der Waals surface area contributed by atoms with Crippen molar-refractivity contribution in [1.29, 1.82) is 0 Å². The van der Waals surface area contributed by atoms with E-state index in [1.807, 2.05) is 41.5 Å². The Morgan fingerprint density at radius 1 is 0.871 bits per heavy atom. The summed E-state index contributed by atoms with van der Waals surface area (Å²) in [7, 11) is -7.47. The van der Waals surface area contributed by atoms with Crippen LogP contribution in [0.15, 0.2) is 51.6 Å². The van der Waals surface area contributed by atoms with E-state index in [9.17, 15) is 21.9 Å². The lowest BCUT2D eigenvalue weighted by atomic mass is 9.78. The fourth-order valence-electron chi connectivity index (χ4n) is 3.14. The Hall–Kier alpha value is -2.16. The minimum Gasteiger partial charge on any atom is -0.507 e. The van der Waals surface area contributed by atoms with Crippen molar-refractivity contribution in [3.63, 3.8) is 0 Å². The SMILES string of the molecule is CNS(=O)(=O)C(=Cc1cc(C(C)(C)C)c(O)c(C(C)(C)C)c1)S(=O)(=O)c1ccccc1. The van der Waals surface area contributed by atoms with Gasteiger partial charge in [-0.05, 0) is 53.8 Å². The predicted molar refractivity (Wildman–Crippen MR) is 125 cm³/mol. The van der Waals surface area contributed by atoms with Crippen molar-refractivity contribution < 1.29 is 21.9 Å². The van der Waals surface area contributed by atoms with Crippen LogP contribution in [0.5, 0.6) is 5.75 Å². The Bertz CT molecular complexity index is 1160. The van der Waals surface area contributed by atoms with Crippen LogP contribution in [-0.4, -0.2) is 29.0 Å². The molecule has 0 saturated heterocycles. The standard InChI is InChI=1S/C23H31NO5S2/c1-22(2,3)18-13-16(14-19(21(18)25)23(4,5)6)15-20(31(28,29)24-7)30(26,27)17-11-9-8-10-12-17/h8-15,24-25H,1-7H3. The summed E-state index contributed by atoms with van der Waals surface area (Å²) in [5.74, 6) is 0.126. The first-order chi connectivity index (χ1) is 14.0. The minimum absolute atomic E-state index is 0.119. The second kappa shape index (κ2) is 8.41. The topological polar surface area (TPSA) is 101 Å². The van der Waals surface area contributed by atoms with Crippen molar-refractivity contribution in [3.05, 3.63) is 63.4 Å². The number of phenols is 1. The highest BCUT2D eigenvalue weighted by Crippen LogP contribution is 2.40. The quantitative estimate of drug-likeness (QED) is 0.685.